The van der Waals surface area contributed by atoms with Gasteiger partial charge in [0.2, 0.25) is 0 Å². The average molecular weight is 499 g/mol. The molecule has 0 unspecified atom stereocenters. The molecule has 1 aromatic carbocycles. The second-order valence-electron chi connectivity index (χ2n) is 8.25. The van der Waals surface area contributed by atoms with Gasteiger partial charge in [-0.25, -0.2) is 5.01 Å². The molecule has 156 valence electrons. The summed E-state index contributed by atoms with van der Waals surface area (Å²) in [6.07, 6.45) is 0. The lowest BCUT2D eigenvalue weighted by Crippen LogP contribution is -2.49. The Kier molecular flexibility index (Phi) is 6.82. The van der Waals surface area contributed by atoms with Gasteiger partial charge in [0.15, 0.2) is 0 Å². The highest BCUT2D eigenvalue weighted by Gasteiger charge is 2.22. The minimum atomic E-state index is 0.933. The summed E-state index contributed by atoms with van der Waals surface area (Å²) in [4.78, 5) is 12.6. The van der Waals surface area contributed by atoms with E-state index < -0.39 is 0 Å². The maximum absolute atomic E-state index is 5.99. The number of nitrogens with zero attached hydrogens (tertiary/aromatic N) is 6. The van der Waals surface area contributed by atoms with E-state index >= 15 is 0 Å². The first kappa shape index (κ1) is 20.5. The first-order valence-corrected chi connectivity index (χ1v) is 12.0. The van der Waals surface area contributed by atoms with E-state index in [9.17, 15) is 0 Å². The number of piperazine rings is 3. The van der Waals surface area contributed by atoms with Crippen molar-refractivity contribution < 1.29 is 0 Å². The molecule has 3 aliphatic heterocycles. The normalized spacial score (nSPS) is 23.5. The topological polar surface area (TPSA) is 45.5 Å². The number of nitrogens with two attached hydrogens (primary N) is 1. The molecule has 0 spiro atoms. The number of likely N-dealkylation sites (N-methyl/N-ethyl adjacent to an activating group) is 1. The monoisotopic (exact) mass is 499 g/mol. The van der Waals surface area contributed by atoms with Crippen LogP contribution in [-0.4, -0.2) is 105 Å². The molecule has 0 saturated carbocycles. The van der Waals surface area contributed by atoms with Crippen molar-refractivity contribution in [3.63, 3.8) is 0 Å². The second kappa shape index (κ2) is 9.34. The Morgan fingerprint density at radius 1 is 0.679 bits per heavy atom. The molecule has 0 amide bonds. The zero-order valence-corrected chi connectivity index (χ0v) is 19.2. The number of rotatable bonds is 4. The van der Waals surface area contributed by atoms with Crippen molar-refractivity contribution in [3.8, 4) is 0 Å². The fourth-order valence-electron chi connectivity index (χ4n) is 4.30. The molecule has 0 aromatic heterocycles. The SMILES string of the molecule is CN1CCN(c2cc(N3CCN(N)CC3)cc(N3CCN(CI)CC3)c2)CC1. The predicted molar refractivity (Wildman–Crippen MR) is 127 cm³/mol. The summed E-state index contributed by atoms with van der Waals surface area (Å²) in [6, 6.07) is 7.24. The van der Waals surface area contributed by atoms with Gasteiger partial charge >= 0.3 is 0 Å². The van der Waals surface area contributed by atoms with Crippen LogP contribution in [-0.2, 0) is 0 Å². The molecule has 3 heterocycles. The third-order valence-electron chi connectivity index (χ3n) is 6.34. The fourth-order valence-corrected chi connectivity index (χ4v) is 4.98. The van der Waals surface area contributed by atoms with E-state index in [0.29, 0.717) is 0 Å². The van der Waals surface area contributed by atoms with Crippen LogP contribution in [0.25, 0.3) is 0 Å². The lowest BCUT2D eigenvalue weighted by atomic mass is 10.1. The summed E-state index contributed by atoms with van der Waals surface area (Å²) in [5.74, 6) is 5.99. The summed E-state index contributed by atoms with van der Waals surface area (Å²) in [7, 11) is 2.22. The molecule has 3 aliphatic rings. The van der Waals surface area contributed by atoms with Crippen molar-refractivity contribution in [1.82, 2.24) is 14.8 Å². The van der Waals surface area contributed by atoms with Crippen molar-refractivity contribution in [2.24, 2.45) is 5.84 Å². The molecule has 3 fully saturated rings. The lowest BCUT2D eigenvalue weighted by molar-refractivity contribution is 0.266. The Morgan fingerprint density at radius 3 is 1.50 bits per heavy atom. The van der Waals surface area contributed by atoms with Crippen molar-refractivity contribution in [2.45, 2.75) is 0 Å². The van der Waals surface area contributed by atoms with Gasteiger partial charge in [0.1, 0.15) is 0 Å². The molecule has 7 nitrogen and oxygen atoms in total. The maximum Gasteiger partial charge on any atom is 0.0507 e. The van der Waals surface area contributed by atoms with Gasteiger partial charge in [-0.3, -0.25) is 10.7 Å². The highest BCUT2D eigenvalue weighted by molar-refractivity contribution is 14.1. The van der Waals surface area contributed by atoms with Crippen LogP contribution in [0.1, 0.15) is 0 Å². The maximum atomic E-state index is 5.99. The smallest absolute Gasteiger partial charge is 0.0507 e. The first-order valence-electron chi connectivity index (χ1n) is 10.5. The highest BCUT2D eigenvalue weighted by atomic mass is 127. The Hall–Kier alpha value is -0.810. The van der Waals surface area contributed by atoms with Gasteiger partial charge in [-0.1, -0.05) is 22.6 Å². The van der Waals surface area contributed by atoms with Gasteiger partial charge in [0, 0.05) is 95.6 Å². The molecule has 0 aliphatic carbocycles. The van der Waals surface area contributed by atoms with Crippen LogP contribution < -0.4 is 20.5 Å². The molecule has 4 rings (SSSR count). The second-order valence-corrected chi connectivity index (χ2v) is 8.93. The molecule has 0 bridgehead atoms. The van der Waals surface area contributed by atoms with Crippen molar-refractivity contribution >= 4 is 39.7 Å². The van der Waals surface area contributed by atoms with E-state index in [1.165, 1.54) is 17.1 Å². The summed E-state index contributed by atoms with van der Waals surface area (Å²) in [5, 5.41) is 1.94. The van der Waals surface area contributed by atoms with Gasteiger partial charge in [-0.2, -0.15) is 0 Å². The number of halogens is 1. The van der Waals surface area contributed by atoms with Crippen LogP contribution in [0.15, 0.2) is 18.2 Å². The number of anilines is 3. The van der Waals surface area contributed by atoms with Gasteiger partial charge in [-0.15, -0.1) is 0 Å². The first-order chi connectivity index (χ1) is 13.6. The molecule has 28 heavy (non-hydrogen) atoms. The Balaban J connectivity index is 1.57. The third-order valence-corrected chi connectivity index (χ3v) is 7.31. The summed E-state index contributed by atoms with van der Waals surface area (Å²) < 4.78 is 1.13. The van der Waals surface area contributed by atoms with Crippen molar-refractivity contribution in [3.05, 3.63) is 18.2 Å². The van der Waals surface area contributed by atoms with E-state index in [1.807, 2.05) is 5.01 Å². The summed E-state index contributed by atoms with van der Waals surface area (Å²) in [5.41, 5.74) is 4.12. The van der Waals surface area contributed by atoms with Crippen molar-refractivity contribution in [1.29, 1.82) is 0 Å². The molecule has 0 radical (unpaired) electrons. The number of hydrazine groups is 1. The van der Waals surface area contributed by atoms with E-state index in [-0.39, 0.29) is 0 Å². The molecular weight excluding hydrogens is 465 g/mol. The van der Waals surface area contributed by atoms with E-state index in [4.69, 9.17) is 5.84 Å². The van der Waals surface area contributed by atoms with Crippen LogP contribution in [0.5, 0.6) is 0 Å². The average Bonchev–Trinajstić information content (AvgIpc) is 2.74. The van der Waals surface area contributed by atoms with Crippen LogP contribution in [0.2, 0.25) is 0 Å². The van der Waals surface area contributed by atoms with E-state index in [0.717, 1.165) is 83.1 Å². The number of hydrogen-bond donors (Lipinski definition) is 1. The molecule has 2 N–H and O–H groups in total. The molecule has 8 heteroatoms. The van der Waals surface area contributed by atoms with Gasteiger partial charge in [0.25, 0.3) is 0 Å². The molecule has 0 atom stereocenters. The number of benzene rings is 1. The van der Waals surface area contributed by atoms with E-state index in [2.05, 4.69) is 72.3 Å². The van der Waals surface area contributed by atoms with Crippen LogP contribution >= 0.6 is 22.6 Å². The Labute approximate surface area is 183 Å². The highest BCUT2D eigenvalue weighted by Crippen LogP contribution is 2.32. The molecule has 3 saturated heterocycles. The largest absolute Gasteiger partial charge is 0.369 e. The Morgan fingerprint density at radius 2 is 1.07 bits per heavy atom. The van der Waals surface area contributed by atoms with E-state index in [1.54, 1.807) is 0 Å². The fraction of sp³-hybridized carbons (Fsp3) is 0.700. The van der Waals surface area contributed by atoms with Crippen LogP contribution in [0.3, 0.4) is 0 Å². The predicted octanol–water partition coefficient (Wildman–Crippen LogP) is 0.949. The minimum absolute atomic E-state index is 0.933. The lowest BCUT2D eigenvalue weighted by Gasteiger charge is -2.39. The Bertz CT molecular complexity index is 593. The standard InChI is InChI=1S/C20H34IN7/c1-23-2-6-25(7-3-23)18-14-19(26-8-4-24(17-21)5-9-26)16-20(15-18)27-10-12-28(22)13-11-27/h14-16H,2-13,17,22H2,1H3. The van der Waals surface area contributed by atoms with Gasteiger partial charge in [0.05, 0.1) is 4.55 Å². The van der Waals surface area contributed by atoms with Crippen molar-refractivity contribution in [2.75, 3.05) is 105 Å². The van der Waals surface area contributed by atoms with Gasteiger partial charge < -0.3 is 19.6 Å². The third kappa shape index (κ3) is 4.84. The van der Waals surface area contributed by atoms with Gasteiger partial charge in [-0.05, 0) is 25.2 Å². The zero-order valence-electron chi connectivity index (χ0n) is 17.1. The number of hydrogen-bond acceptors (Lipinski definition) is 7. The number of alkyl halides is 1. The minimum Gasteiger partial charge on any atom is -0.369 e. The quantitative estimate of drug-likeness (QED) is 0.287. The molecular formula is C20H34IN7. The van der Waals surface area contributed by atoms with Crippen LogP contribution in [0, 0.1) is 0 Å². The zero-order chi connectivity index (χ0) is 19.5. The van der Waals surface area contributed by atoms with Crippen LogP contribution in [0.4, 0.5) is 17.1 Å². The summed E-state index contributed by atoms with van der Waals surface area (Å²) >= 11 is 2.48. The summed E-state index contributed by atoms with van der Waals surface area (Å²) in [6.45, 7) is 12.9. The molecule has 1 aromatic rings.